The molecular weight excluding hydrogens is 714 g/mol. The van der Waals surface area contributed by atoms with Gasteiger partial charge in [0.2, 0.25) is 35.4 Å². The van der Waals surface area contributed by atoms with E-state index in [0.717, 1.165) is 0 Å². The SMILES string of the molecule is C[C@H](NC(=O)[C@H](CCCN=C(N)N)NC(=O)[C@H](CC(=O)O)NC(=O)[C@@H]1CCCN1C(=O)CN)C(=O)N1CCC[C@H]1C(=O)N[C@@H](CCCN=C(N)N)C(=O)O. The molecule has 16 N–H and O–H groups in total. The zero-order valence-corrected chi connectivity index (χ0v) is 30.2. The van der Waals surface area contributed by atoms with Gasteiger partial charge in [-0.25, -0.2) is 4.79 Å². The number of aliphatic imine (C=N–C) groups is 2. The van der Waals surface area contributed by atoms with Crippen molar-refractivity contribution in [2.75, 3.05) is 32.7 Å². The summed E-state index contributed by atoms with van der Waals surface area (Å²) in [6.45, 7) is 1.61. The molecule has 2 saturated heterocycles. The van der Waals surface area contributed by atoms with E-state index in [0.29, 0.717) is 12.8 Å². The lowest BCUT2D eigenvalue weighted by Gasteiger charge is -2.29. The van der Waals surface area contributed by atoms with E-state index in [4.69, 9.17) is 28.7 Å². The molecule has 23 nitrogen and oxygen atoms in total. The Morgan fingerprint density at radius 3 is 1.69 bits per heavy atom. The van der Waals surface area contributed by atoms with Crippen LogP contribution in [0.1, 0.15) is 64.7 Å². The number of guanidine groups is 2. The topological polar surface area (TPSA) is 386 Å². The molecule has 0 bridgehead atoms. The number of carbonyl (C=O) groups excluding carboxylic acids is 6. The molecule has 0 aliphatic carbocycles. The van der Waals surface area contributed by atoms with Crippen LogP contribution in [0.5, 0.6) is 0 Å². The summed E-state index contributed by atoms with van der Waals surface area (Å²) in [6, 6.07) is -7.53. The molecule has 0 radical (unpaired) electrons. The number of hydrogen-bond donors (Lipinski definition) is 11. The lowest BCUT2D eigenvalue weighted by atomic mass is 10.1. The third-order valence-corrected chi connectivity index (χ3v) is 8.77. The Kier molecular flexibility index (Phi) is 17.9. The van der Waals surface area contributed by atoms with Crippen LogP contribution in [0, 0.1) is 0 Å². The summed E-state index contributed by atoms with van der Waals surface area (Å²) in [7, 11) is 0. The zero-order valence-electron chi connectivity index (χ0n) is 30.2. The minimum absolute atomic E-state index is 0.0191. The van der Waals surface area contributed by atoms with Crippen LogP contribution in [-0.2, 0) is 38.4 Å². The second-order valence-corrected chi connectivity index (χ2v) is 12.9. The maximum Gasteiger partial charge on any atom is 0.326 e. The summed E-state index contributed by atoms with van der Waals surface area (Å²) >= 11 is 0. The van der Waals surface area contributed by atoms with Crippen molar-refractivity contribution in [2.45, 2.75) is 101 Å². The third kappa shape index (κ3) is 14.0. The Labute approximate surface area is 311 Å². The Hall–Kier alpha value is -5.74. The number of aliphatic carboxylic acids is 2. The predicted molar refractivity (Wildman–Crippen MR) is 192 cm³/mol. The molecule has 0 aromatic carbocycles. The van der Waals surface area contributed by atoms with Gasteiger partial charge >= 0.3 is 11.9 Å². The fourth-order valence-electron chi connectivity index (χ4n) is 6.11. The first-order valence-electron chi connectivity index (χ1n) is 17.5. The summed E-state index contributed by atoms with van der Waals surface area (Å²) in [5, 5.41) is 28.9. The molecule has 54 heavy (non-hydrogen) atoms. The van der Waals surface area contributed by atoms with Gasteiger partial charge in [-0.05, 0) is 58.3 Å². The summed E-state index contributed by atoms with van der Waals surface area (Å²) < 4.78 is 0. The van der Waals surface area contributed by atoms with E-state index >= 15 is 0 Å². The molecule has 2 fully saturated rings. The van der Waals surface area contributed by atoms with Crippen molar-refractivity contribution in [2.24, 2.45) is 38.7 Å². The quantitative estimate of drug-likeness (QED) is 0.0295. The fraction of sp³-hybridized carbons (Fsp3) is 0.677. The molecule has 6 amide bonds. The van der Waals surface area contributed by atoms with Crippen LogP contribution in [0.25, 0.3) is 0 Å². The highest BCUT2D eigenvalue weighted by molar-refractivity contribution is 5.98. The Balaban J connectivity index is 2.17. The van der Waals surface area contributed by atoms with Crippen molar-refractivity contribution in [1.29, 1.82) is 0 Å². The van der Waals surface area contributed by atoms with Crippen LogP contribution in [0.3, 0.4) is 0 Å². The molecule has 2 heterocycles. The second-order valence-electron chi connectivity index (χ2n) is 12.9. The Morgan fingerprint density at radius 2 is 1.19 bits per heavy atom. The largest absolute Gasteiger partial charge is 0.481 e. The van der Waals surface area contributed by atoms with E-state index in [1.54, 1.807) is 0 Å². The van der Waals surface area contributed by atoms with Gasteiger partial charge in [0.15, 0.2) is 11.9 Å². The first-order chi connectivity index (χ1) is 25.5. The minimum Gasteiger partial charge on any atom is -0.481 e. The Bertz CT molecular complexity index is 1450. The molecule has 0 unspecified atom stereocenters. The number of amides is 6. The first-order valence-corrected chi connectivity index (χ1v) is 17.5. The molecule has 2 rings (SSSR count). The summed E-state index contributed by atoms with van der Waals surface area (Å²) in [5.74, 6) is -7.59. The van der Waals surface area contributed by atoms with Crippen molar-refractivity contribution < 1.29 is 48.6 Å². The number of carbonyl (C=O) groups is 8. The lowest BCUT2D eigenvalue weighted by molar-refractivity contribution is -0.145. The molecule has 6 atom stereocenters. The van der Waals surface area contributed by atoms with Gasteiger partial charge in [-0.2, -0.15) is 0 Å². The number of likely N-dealkylation sites (tertiary alicyclic amines) is 2. The van der Waals surface area contributed by atoms with Gasteiger partial charge in [0, 0.05) is 26.2 Å². The lowest BCUT2D eigenvalue weighted by Crippen LogP contribution is -2.59. The molecule has 0 saturated carbocycles. The highest BCUT2D eigenvalue weighted by Crippen LogP contribution is 2.20. The maximum atomic E-state index is 13.6. The van der Waals surface area contributed by atoms with Crippen molar-refractivity contribution in [1.82, 2.24) is 31.1 Å². The molecule has 302 valence electrons. The van der Waals surface area contributed by atoms with E-state index in [-0.39, 0.29) is 83.2 Å². The monoisotopic (exact) mass is 767 g/mol. The van der Waals surface area contributed by atoms with Gasteiger partial charge in [-0.3, -0.25) is 43.5 Å². The van der Waals surface area contributed by atoms with Crippen LogP contribution in [0.2, 0.25) is 0 Å². The van der Waals surface area contributed by atoms with E-state index in [2.05, 4.69) is 31.3 Å². The highest BCUT2D eigenvalue weighted by atomic mass is 16.4. The number of carboxylic acid groups (broad SMARTS) is 2. The molecular formula is C31H53N13O10. The van der Waals surface area contributed by atoms with Crippen LogP contribution in [-0.4, -0.2) is 148 Å². The van der Waals surface area contributed by atoms with Gasteiger partial charge < -0.3 is 69.9 Å². The number of nitrogens with zero attached hydrogens (tertiary/aromatic N) is 4. The number of carboxylic acids is 2. The van der Waals surface area contributed by atoms with Gasteiger partial charge in [-0.1, -0.05) is 0 Å². The van der Waals surface area contributed by atoms with Crippen molar-refractivity contribution in [3.05, 3.63) is 0 Å². The van der Waals surface area contributed by atoms with Gasteiger partial charge in [0.1, 0.15) is 36.3 Å². The van der Waals surface area contributed by atoms with E-state index in [1.807, 2.05) is 0 Å². The van der Waals surface area contributed by atoms with E-state index in [1.165, 1.54) is 16.7 Å². The van der Waals surface area contributed by atoms with Crippen molar-refractivity contribution in [3.63, 3.8) is 0 Å². The second kappa shape index (κ2) is 21.7. The molecule has 23 heteroatoms. The summed E-state index contributed by atoms with van der Waals surface area (Å²) in [4.78, 5) is 113. The molecule has 2 aliphatic heterocycles. The average Bonchev–Trinajstić information content (AvgIpc) is 3.80. The van der Waals surface area contributed by atoms with Gasteiger partial charge in [-0.15, -0.1) is 0 Å². The van der Waals surface area contributed by atoms with Crippen LogP contribution < -0.4 is 49.9 Å². The number of rotatable bonds is 21. The van der Waals surface area contributed by atoms with Crippen molar-refractivity contribution >= 4 is 59.3 Å². The predicted octanol–water partition coefficient (Wildman–Crippen LogP) is -5.45. The van der Waals surface area contributed by atoms with Crippen molar-refractivity contribution in [3.8, 4) is 0 Å². The number of nitrogens with two attached hydrogens (primary N) is 5. The summed E-state index contributed by atoms with van der Waals surface area (Å²) in [6.07, 6.45) is 0.895. The zero-order chi connectivity index (χ0) is 40.5. The third-order valence-electron chi connectivity index (χ3n) is 8.77. The van der Waals surface area contributed by atoms with Crippen LogP contribution in [0.4, 0.5) is 0 Å². The maximum absolute atomic E-state index is 13.6. The highest BCUT2D eigenvalue weighted by Gasteiger charge is 2.39. The van der Waals surface area contributed by atoms with Gasteiger partial charge in [0.25, 0.3) is 0 Å². The normalized spacial score (nSPS) is 18.6. The smallest absolute Gasteiger partial charge is 0.326 e. The van der Waals surface area contributed by atoms with Gasteiger partial charge in [0.05, 0.1) is 13.0 Å². The van der Waals surface area contributed by atoms with Crippen LogP contribution in [0.15, 0.2) is 9.98 Å². The van der Waals surface area contributed by atoms with E-state index in [9.17, 15) is 48.6 Å². The standard InChI is InChI=1S/C31H53N13O10/c1-16(28(52)44-13-5-9-21(44)27(51)41-18(29(53)54)7-3-11-38-31(35)36)39-24(48)17(6-2-10-37-30(33)34)40-25(49)19(14-23(46)47)42-26(50)20-8-4-12-43(20)22(45)15-32/h16-21H,2-15,32H2,1H3,(H,39,48)(H,40,49)(H,41,51)(H,42,50)(H,46,47)(H,53,54)(H4,33,34,37)(H4,35,36,38)/t16-,17-,18-,19-,20-,21-/m0/s1. The molecule has 0 aromatic rings. The molecule has 0 aromatic heterocycles. The minimum atomic E-state index is -1.65. The number of nitrogens with one attached hydrogen (secondary N) is 4. The van der Waals surface area contributed by atoms with E-state index < -0.39 is 90.1 Å². The van der Waals surface area contributed by atoms with Crippen LogP contribution >= 0.6 is 0 Å². The fourth-order valence-corrected chi connectivity index (χ4v) is 6.11. The molecule has 2 aliphatic rings. The first kappa shape index (κ1) is 44.4. The molecule has 0 spiro atoms. The summed E-state index contributed by atoms with van der Waals surface area (Å²) in [5.41, 5.74) is 26.8. The number of hydrogen-bond acceptors (Lipinski definition) is 11. The average molecular weight is 768 g/mol. The Morgan fingerprint density at radius 1 is 0.704 bits per heavy atom.